The van der Waals surface area contributed by atoms with Crippen LogP contribution in [0.5, 0.6) is 5.75 Å². The monoisotopic (exact) mass is 342 g/mol. The highest BCUT2D eigenvalue weighted by molar-refractivity contribution is 9.10. The van der Waals surface area contributed by atoms with Gasteiger partial charge < -0.3 is 15.0 Å². The van der Waals surface area contributed by atoms with Crippen LogP contribution in [0.3, 0.4) is 0 Å². The number of alkyl halides is 1. The fourth-order valence-electron chi connectivity index (χ4n) is 1.49. The van der Waals surface area contributed by atoms with E-state index in [2.05, 4.69) is 26.1 Å². The lowest BCUT2D eigenvalue weighted by Crippen LogP contribution is -2.26. The number of likely N-dealkylation sites (N-methyl/N-ethyl adjacent to an activating group) is 1. The summed E-state index contributed by atoms with van der Waals surface area (Å²) in [6, 6.07) is 7.43. The van der Waals surface area contributed by atoms with Crippen molar-refractivity contribution in [3.05, 3.63) is 24.3 Å². The summed E-state index contributed by atoms with van der Waals surface area (Å²) in [7, 11) is 4.01. The zero-order chi connectivity index (χ0) is 15.1. The van der Waals surface area contributed by atoms with Gasteiger partial charge in [0.2, 0.25) is 5.91 Å². The van der Waals surface area contributed by atoms with Crippen molar-refractivity contribution in [2.45, 2.75) is 18.7 Å². The Hall–Kier alpha value is -1.07. The van der Waals surface area contributed by atoms with Gasteiger partial charge in [0.1, 0.15) is 12.4 Å². The Morgan fingerprint density at radius 3 is 2.40 bits per heavy atom. The van der Waals surface area contributed by atoms with Crippen LogP contribution in [0.2, 0.25) is 0 Å². The minimum atomic E-state index is -0.182. The molecule has 1 N–H and O–H groups in total. The van der Waals surface area contributed by atoms with E-state index >= 15 is 0 Å². The second-order valence-corrected chi connectivity index (χ2v) is 6.30. The topological polar surface area (TPSA) is 41.6 Å². The number of halogens is 1. The maximum atomic E-state index is 11.9. The van der Waals surface area contributed by atoms with Crippen molar-refractivity contribution >= 4 is 27.5 Å². The minimum Gasteiger partial charge on any atom is -0.492 e. The van der Waals surface area contributed by atoms with Gasteiger partial charge in [0.25, 0.3) is 0 Å². The van der Waals surface area contributed by atoms with Gasteiger partial charge in [0, 0.05) is 12.2 Å². The van der Waals surface area contributed by atoms with Crippen LogP contribution in [0.15, 0.2) is 24.3 Å². The molecular formula is C15H23BrN2O2. The van der Waals surface area contributed by atoms with Crippen molar-refractivity contribution in [2.24, 2.45) is 5.92 Å². The molecule has 0 fully saturated rings. The van der Waals surface area contributed by atoms with Crippen LogP contribution in [0.4, 0.5) is 5.69 Å². The fourth-order valence-corrected chi connectivity index (χ4v) is 1.61. The Kier molecular flexibility index (Phi) is 7.02. The number of carbonyl (C=O) groups is 1. The molecule has 0 bridgehead atoms. The van der Waals surface area contributed by atoms with Gasteiger partial charge in [0.15, 0.2) is 0 Å². The fraction of sp³-hybridized carbons (Fsp3) is 0.533. The summed E-state index contributed by atoms with van der Waals surface area (Å²) in [6.45, 7) is 5.52. The summed E-state index contributed by atoms with van der Waals surface area (Å²) in [6.07, 6.45) is 0. The molecule has 5 heteroatoms. The average molecular weight is 343 g/mol. The van der Waals surface area contributed by atoms with E-state index in [4.69, 9.17) is 4.74 Å². The van der Waals surface area contributed by atoms with Gasteiger partial charge in [-0.1, -0.05) is 29.8 Å². The van der Waals surface area contributed by atoms with Gasteiger partial charge in [0.05, 0.1) is 4.83 Å². The second kappa shape index (κ2) is 8.27. The number of amides is 1. The normalized spacial score (nSPS) is 12.6. The van der Waals surface area contributed by atoms with Gasteiger partial charge in [-0.15, -0.1) is 0 Å². The Labute approximate surface area is 129 Å². The smallest absolute Gasteiger partial charge is 0.238 e. The largest absolute Gasteiger partial charge is 0.492 e. The van der Waals surface area contributed by atoms with Crippen molar-refractivity contribution in [1.29, 1.82) is 0 Å². The quantitative estimate of drug-likeness (QED) is 0.774. The molecule has 1 amide bonds. The number of ether oxygens (including phenoxy) is 1. The molecule has 20 heavy (non-hydrogen) atoms. The molecule has 0 aliphatic carbocycles. The van der Waals surface area contributed by atoms with Crippen LogP contribution in [0, 0.1) is 5.92 Å². The third-order valence-electron chi connectivity index (χ3n) is 2.76. The molecule has 0 heterocycles. The van der Waals surface area contributed by atoms with E-state index in [0.29, 0.717) is 6.61 Å². The molecule has 1 aromatic rings. The highest BCUT2D eigenvalue weighted by Gasteiger charge is 2.18. The maximum Gasteiger partial charge on any atom is 0.238 e. The molecule has 0 aromatic heterocycles. The molecule has 1 atom stereocenters. The van der Waals surface area contributed by atoms with Crippen LogP contribution in [-0.4, -0.2) is 42.9 Å². The summed E-state index contributed by atoms with van der Waals surface area (Å²) in [5.41, 5.74) is 0.778. The van der Waals surface area contributed by atoms with E-state index in [1.165, 1.54) is 0 Å². The van der Waals surface area contributed by atoms with Gasteiger partial charge in [-0.25, -0.2) is 0 Å². The average Bonchev–Trinajstić information content (AvgIpc) is 2.39. The van der Waals surface area contributed by atoms with Crippen LogP contribution in [0.1, 0.15) is 13.8 Å². The van der Waals surface area contributed by atoms with E-state index in [1.54, 1.807) is 0 Å². The molecule has 1 unspecified atom stereocenters. The van der Waals surface area contributed by atoms with E-state index in [-0.39, 0.29) is 16.7 Å². The summed E-state index contributed by atoms with van der Waals surface area (Å²) >= 11 is 3.39. The standard InChI is InChI=1S/C15H23BrN2O2/c1-11(2)14(16)15(19)17-12-5-7-13(8-6-12)20-10-9-18(3)4/h5-8,11,14H,9-10H2,1-4H3,(H,17,19). The first-order valence-corrected chi connectivity index (χ1v) is 7.64. The van der Waals surface area contributed by atoms with Crippen LogP contribution < -0.4 is 10.1 Å². The van der Waals surface area contributed by atoms with Crippen molar-refractivity contribution in [3.8, 4) is 5.75 Å². The molecule has 0 spiro atoms. The second-order valence-electron chi connectivity index (χ2n) is 5.31. The lowest BCUT2D eigenvalue weighted by atomic mass is 10.1. The summed E-state index contributed by atoms with van der Waals surface area (Å²) < 4.78 is 5.60. The summed E-state index contributed by atoms with van der Waals surface area (Å²) in [4.78, 5) is 13.8. The van der Waals surface area contributed by atoms with E-state index in [9.17, 15) is 4.79 Å². The van der Waals surface area contributed by atoms with Crippen LogP contribution in [-0.2, 0) is 4.79 Å². The van der Waals surface area contributed by atoms with Crippen LogP contribution >= 0.6 is 15.9 Å². The van der Waals surface area contributed by atoms with Crippen LogP contribution in [0.25, 0.3) is 0 Å². The molecule has 0 aliphatic rings. The zero-order valence-corrected chi connectivity index (χ0v) is 14.1. The van der Waals surface area contributed by atoms with Gasteiger partial charge >= 0.3 is 0 Å². The Morgan fingerprint density at radius 1 is 1.30 bits per heavy atom. The van der Waals surface area contributed by atoms with E-state index in [1.807, 2.05) is 52.2 Å². The van der Waals surface area contributed by atoms with Crippen molar-refractivity contribution in [3.63, 3.8) is 0 Å². The summed E-state index contributed by atoms with van der Waals surface area (Å²) in [5, 5.41) is 2.87. The Bertz CT molecular complexity index is 418. The number of benzene rings is 1. The Balaban J connectivity index is 2.48. The molecule has 0 saturated heterocycles. The maximum absolute atomic E-state index is 11.9. The molecule has 0 radical (unpaired) electrons. The highest BCUT2D eigenvalue weighted by Crippen LogP contribution is 2.18. The number of nitrogens with one attached hydrogen (secondary N) is 1. The predicted molar refractivity (Wildman–Crippen MR) is 86.7 cm³/mol. The predicted octanol–water partition coefficient (Wildman–Crippen LogP) is 2.99. The molecule has 1 aromatic carbocycles. The zero-order valence-electron chi connectivity index (χ0n) is 12.5. The van der Waals surface area contributed by atoms with Gasteiger partial charge in [-0.05, 0) is 44.3 Å². The number of anilines is 1. The van der Waals surface area contributed by atoms with Crippen molar-refractivity contribution < 1.29 is 9.53 Å². The summed E-state index contributed by atoms with van der Waals surface area (Å²) in [5.74, 6) is 1.04. The van der Waals surface area contributed by atoms with Crippen molar-refractivity contribution in [2.75, 3.05) is 32.6 Å². The highest BCUT2D eigenvalue weighted by atomic mass is 79.9. The molecule has 0 saturated carbocycles. The first-order chi connectivity index (χ1) is 9.40. The van der Waals surface area contributed by atoms with Gasteiger partial charge in [-0.3, -0.25) is 4.79 Å². The van der Waals surface area contributed by atoms with Gasteiger partial charge in [-0.2, -0.15) is 0 Å². The SMILES string of the molecule is CC(C)C(Br)C(=O)Nc1ccc(OCCN(C)C)cc1. The first-order valence-electron chi connectivity index (χ1n) is 6.72. The molecular weight excluding hydrogens is 320 g/mol. The Morgan fingerprint density at radius 2 is 1.90 bits per heavy atom. The molecule has 0 aliphatic heterocycles. The third-order valence-corrected chi connectivity index (χ3v) is 4.24. The number of rotatable bonds is 7. The lowest BCUT2D eigenvalue weighted by Gasteiger charge is -2.14. The number of carbonyl (C=O) groups excluding carboxylic acids is 1. The number of nitrogens with zero attached hydrogens (tertiary/aromatic N) is 1. The number of hydrogen-bond acceptors (Lipinski definition) is 3. The van der Waals surface area contributed by atoms with E-state index < -0.39 is 0 Å². The molecule has 1 rings (SSSR count). The molecule has 4 nitrogen and oxygen atoms in total. The number of hydrogen-bond donors (Lipinski definition) is 1. The lowest BCUT2D eigenvalue weighted by molar-refractivity contribution is -0.116. The first kappa shape index (κ1) is 17.0. The molecule has 112 valence electrons. The van der Waals surface area contributed by atoms with E-state index in [0.717, 1.165) is 18.0 Å². The third kappa shape index (κ3) is 5.92. The van der Waals surface area contributed by atoms with Crippen molar-refractivity contribution in [1.82, 2.24) is 4.90 Å². The minimum absolute atomic E-state index is 0.0266.